The lowest BCUT2D eigenvalue weighted by atomic mass is 10.1. The average Bonchev–Trinajstić information content (AvgIpc) is 3.36. The number of hydrogen-bond acceptors (Lipinski definition) is 7. The van der Waals surface area contributed by atoms with E-state index in [1.165, 1.54) is 5.56 Å². The van der Waals surface area contributed by atoms with Gasteiger partial charge in [-0.25, -0.2) is 4.68 Å². The van der Waals surface area contributed by atoms with E-state index in [0.717, 1.165) is 46.6 Å². The van der Waals surface area contributed by atoms with Crippen LogP contribution in [0.2, 0.25) is 0 Å². The summed E-state index contributed by atoms with van der Waals surface area (Å²) in [4.78, 5) is 0. The minimum absolute atomic E-state index is 0.442. The van der Waals surface area contributed by atoms with Crippen molar-refractivity contribution < 1.29 is 4.74 Å². The minimum atomic E-state index is 0.442. The minimum Gasteiger partial charge on any atom is -0.494 e. The second-order valence-corrected chi connectivity index (χ2v) is 8.44. The average molecular weight is 434 g/mol. The van der Waals surface area contributed by atoms with Crippen LogP contribution in [0.4, 0.5) is 0 Å². The molecule has 2 heterocycles. The van der Waals surface area contributed by atoms with Gasteiger partial charge in [0.15, 0.2) is 16.8 Å². The summed E-state index contributed by atoms with van der Waals surface area (Å²) in [5, 5.41) is 22.1. The van der Waals surface area contributed by atoms with Crippen molar-refractivity contribution in [2.24, 2.45) is 0 Å². The molecule has 1 aliphatic rings. The second-order valence-electron chi connectivity index (χ2n) is 7.50. The van der Waals surface area contributed by atoms with Gasteiger partial charge in [0.1, 0.15) is 5.75 Å². The number of tetrazole rings is 1. The zero-order valence-corrected chi connectivity index (χ0v) is 18.3. The summed E-state index contributed by atoms with van der Waals surface area (Å²) in [5.41, 5.74) is 3.18. The first-order valence-corrected chi connectivity index (χ1v) is 11.4. The Morgan fingerprint density at radius 2 is 1.90 bits per heavy atom. The van der Waals surface area contributed by atoms with Gasteiger partial charge < -0.3 is 4.74 Å². The molecule has 0 unspecified atom stereocenters. The third-order valence-electron chi connectivity index (χ3n) is 5.10. The molecule has 0 radical (unpaired) electrons. The molecule has 5 rings (SSSR count). The normalized spacial score (nSPS) is 13.5. The lowest BCUT2D eigenvalue weighted by Gasteiger charge is -2.12. The lowest BCUT2D eigenvalue weighted by molar-refractivity contribution is 0.340. The highest BCUT2D eigenvalue weighted by atomic mass is 32.2. The van der Waals surface area contributed by atoms with E-state index in [1.807, 2.05) is 41.9 Å². The molecule has 9 heteroatoms. The Morgan fingerprint density at radius 1 is 1.06 bits per heavy atom. The Morgan fingerprint density at radius 3 is 2.65 bits per heavy atom. The van der Waals surface area contributed by atoms with Crippen molar-refractivity contribution in [3.8, 4) is 22.8 Å². The first kappa shape index (κ1) is 19.7. The number of hydrogen-bond donors (Lipinski definition) is 0. The van der Waals surface area contributed by atoms with E-state index < -0.39 is 0 Å². The van der Waals surface area contributed by atoms with E-state index in [0.29, 0.717) is 18.4 Å². The number of nitrogens with zero attached hydrogens (tertiary/aromatic N) is 7. The summed E-state index contributed by atoms with van der Waals surface area (Å²) < 4.78 is 9.63. The summed E-state index contributed by atoms with van der Waals surface area (Å²) in [7, 11) is 0. The van der Waals surface area contributed by atoms with Crippen LogP contribution in [-0.4, -0.2) is 41.6 Å². The van der Waals surface area contributed by atoms with E-state index in [9.17, 15) is 0 Å². The fraction of sp³-hybridized carbons (Fsp3) is 0.318. The van der Waals surface area contributed by atoms with Gasteiger partial charge in [-0.3, -0.25) is 4.57 Å². The van der Waals surface area contributed by atoms with Gasteiger partial charge in [-0.05, 0) is 67.4 Å². The molecule has 31 heavy (non-hydrogen) atoms. The van der Waals surface area contributed by atoms with Crippen LogP contribution in [0.25, 0.3) is 17.1 Å². The smallest absolute Gasteiger partial charge is 0.196 e. The van der Waals surface area contributed by atoms with Crippen LogP contribution >= 0.6 is 11.8 Å². The maximum Gasteiger partial charge on any atom is 0.196 e. The highest BCUT2D eigenvalue weighted by molar-refractivity contribution is 7.98. The summed E-state index contributed by atoms with van der Waals surface area (Å²) in [6.07, 6.45) is 2.28. The van der Waals surface area contributed by atoms with Crippen molar-refractivity contribution in [1.82, 2.24) is 35.0 Å². The Labute approximate surface area is 184 Å². The number of rotatable bonds is 8. The molecule has 158 valence electrons. The molecule has 0 atom stereocenters. The standard InChI is InChI=1S/C22H23N7OS/c1-3-30-19-11-9-17(10-12-19)28-21(16-6-4-5-15(2)13-16)24-25-22(28)31-14-20-23-26-27-29(20)18-7-8-18/h4-6,9-13,18H,3,7-8,14H2,1-2H3. The molecule has 1 saturated carbocycles. The van der Waals surface area contributed by atoms with Gasteiger partial charge in [0.05, 0.1) is 18.4 Å². The molecule has 2 aromatic heterocycles. The molecule has 0 N–H and O–H groups in total. The molecule has 0 aliphatic heterocycles. The first-order valence-electron chi connectivity index (χ1n) is 10.4. The van der Waals surface area contributed by atoms with E-state index in [-0.39, 0.29) is 0 Å². The van der Waals surface area contributed by atoms with E-state index in [1.54, 1.807) is 11.8 Å². The Bertz CT molecular complexity index is 1180. The predicted octanol–water partition coefficient (Wildman–Crippen LogP) is 4.26. The van der Waals surface area contributed by atoms with Gasteiger partial charge in [-0.1, -0.05) is 35.5 Å². The summed E-state index contributed by atoms with van der Waals surface area (Å²) in [6.45, 7) is 4.69. The van der Waals surface area contributed by atoms with Gasteiger partial charge >= 0.3 is 0 Å². The predicted molar refractivity (Wildman–Crippen MR) is 118 cm³/mol. The van der Waals surface area contributed by atoms with E-state index >= 15 is 0 Å². The summed E-state index contributed by atoms with van der Waals surface area (Å²) in [6, 6.07) is 16.8. The van der Waals surface area contributed by atoms with Crippen LogP contribution < -0.4 is 4.74 Å². The number of ether oxygens (including phenoxy) is 1. The largest absolute Gasteiger partial charge is 0.494 e. The highest BCUT2D eigenvalue weighted by Gasteiger charge is 2.28. The van der Waals surface area contributed by atoms with Crippen LogP contribution in [0.1, 0.15) is 37.2 Å². The molecule has 8 nitrogen and oxygen atoms in total. The van der Waals surface area contributed by atoms with Gasteiger partial charge in [0.2, 0.25) is 0 Å². The van der Waals surface area contributed by atoms with Crippen molar-refractivity contribution >= 4 is 11.8 Å². The van der Waals surface area contributed by atoms with Gasteiger partial charge in [0.25, 0.3) is 0 Å². The maximum atomic E-state index is 5.61. The molecule has 2 aromatic carbocycles. The molecule has 0 bridgehead atoms. The molecular weight excluding hydrogens is 410 g/mol. The summed E-state index contributed by atoms with van der Waals surface area (Å²) in [5.74, 6) is 3.14. The van der Waals surface area contributed by atoms with Crippen LogP contribution in [0.3, 0.4) is 0 Å². The molecular formula is C22H23N7OS. The number of aromatic nitrogens is 7. The fourth-order valence-electron chi connectivity index (χ4n) is 3.46. The molecule has 0 saturated heterocycles. The fourth-order valence-corrected chi connectivity index (χ4v) is 4.33. The van der Waals surface area contributed by atoms with Crippen molar-refractivity contribution in [1.29, 1.82) is 0 Å². The second kappa shape index (κ2) is 8.50. The number of aryl methyl sites for hydroxylation is 1. The lowest BCUT2D eigenvalue weighted by Crippen LogP contribution is -2.04. The maximum absolute atomic E-state index is 5.61. The van der Waals surface area contributed by atoms with Gasteiger partial charge in [0, 0.05) is 11.3 Å². The Kier molecular flexibility index (Phi) is 5.42. The van der Waals surface area contributed by atoms with Crippen LogP contribution in [-0.2, 0) is 5.75 Å². The molecule has 0 spiro atoms. The third-order valence-corrected chi connectivity index (χ3v) is 6.02. The van der Waals surface area contributed by atoms with E-state index in [2.05, 4.69) is 55.4 Å². The quantitative estimate of drug-likeness (QED) is 0.384. The number of benzene rings is 2. The van der Waals surface area contributed by atoms with Crippen molar-refractivity contribution in [3.05, 3.63) is 59.9 Å². The number of thioether (sulfide) groups is 1. The van der Waals surface area contributed by atoms with Gasteiger partial charge in [-0.2, -0.15) is 0 Å². The zero-order valence-electron chi connectivity index (χ0n) is 17.5. The summed E-state index contributed by atoms with van der Waals surface area (Å²) >= 11 is 1.59. The topological polar surface area (TPSA) is 83.5 Å². The third kappa shape index (κ3) is 4.18. The first-order chi connectivity index (χ1) is 15.2. The van der Waals surface area contributed by atoms with E-state index in [4.69, 9.17) is 4.74 Å². The van der Waals surface area contributed by atoms with Crippen LogP contribution in [0.15, 0.2) is 53.7 Å². The van der Waals surface area contributed by atoms with Crippen LogP contribution in [0, 0.1) is 6.92 Å². The zero-order chi connectivity index (χ0) is 21.2. The van der Waals surface area contributed by atoms with Crippen molar-refractivity contribution in [2.75, 3.05) is 6.61 Å². The Hall–Kier alpha value is -3.20. The molecule has 4 aromatic rings. The molecule has 0 amide bonds. The van der Waals surface area contributed by atoms with Crippen molar-refractivity contribution in [3.63, 3.8) is 0 Å². The van der Waals surface area contributed by atoms with Crippen LogP contribution in [0.5, 0.6) is 5.75 Å². The monoisotopic (exact) mass is 433 g/mol. The van der Waals surface area contributed by atoms with Gasteiger partial charge in [-0.15, -0.1) is 15.3 Å². The SMILES string of the molecule is CCOc1ccc(-n2c(SCc3nnnn3C3CC3)nnc2-c2cccc(C)c2)cc1. The highest BCUT2D eigenvalue weighted by Crippen LogP contribution is 2.36. The van der Waals surface area contributed by atoms with Crippen molar-refractivity contribution in [2.45, 2.75) is 43.6 Å². The molecule has 1 fully saturated rings. The Balaban J connectivity index is 1.50. The molecule has 1 aliphatic carbocycles.